The Kier molecular flexibility index (Phi) is 6.63. The van der Waals surface area contributed by atoms with Crippen molar-refractivity contribution in [2.45, 2.75) is 31.7 Å². The third-order valence-corrected chi connectivity index (χ3v) is 5.89. The van der Waals surface area contributed by atoms with E-state index < -0.39 is 0 Å². The van der Waals surface area contributed by atoms with E-state index in [1.54, 1.807) is 39.5 Å². The zero-order chi connectivity index (χ0) is 22.5. The number of amides is 1. The van der Waals surface area contributed by atoms with Gasteiger partial charge >= 0.3 is 0 Å². The van der Waals surface area contributed by atoms with Crippen LogP contribution in [0.25, 0.3) is 11.3 Å². The van der Waals surface area contributed by atoms with Crippen molar-refractivity contribution >= 4 is 5.91 Å². The monoisotopic (exact) mass is 436 g/mol. The van der Waals surface area contributed by atoms with Gasteiger partial charge in [0.15, 0.2) is 17.3 Å². The van der Waals surface area contributed by atoms with Crippen molar-refractivity contribution in [1.29, 1.82) is 0 Å². The molecule has 1 aromatic heterocycles. The maximum Gasteiger partial charge on any atom is 0.254 e. The zero-order valence-electron chi connectivity index (χ0n) is 18.7. The van der Waals surface area contributed by atoms with Gasteiger partial charge in [-0.15, -0.1) is 0 Å². The van der Waals surface area contributed by atoms with E-state index in [2.05, 4.69) is 5.16 Å². The highest BCUT2D eigenvalue weighted by Gasteiger charge is 2.30. The summed E-state index contributed by atoms with van der Waals surface area (Å²) in [6, 6.07) is 14.7. The molecule has 1 aliphatic heterocycles. The van der Waals surface area contributed by atoms with Gasteiger partial charge < -0.3 is 23.6 Å². The van der Waals surface area contributed by atoms with Gasteiger partial charge in [0.1, 0.15) is 11.4 Å². The first-order valence-electron chi connectivity index (χ1n) is 10.8. The number of rotatable bonds is 6. The summed E-state index contributed by atoms with van der Waals surface area (Å²) in [4.78, 5) is 15.4. The van der Waals surface area contributed by atoms with Gasteiger partial charge in [-0.2, -0.15) is 0 Å². The first-order chi connectivity index (χ1) is 15.6. The van der Waals surface area contributed by atoms with Gasteiger partial charge in [0.25, 0.3) is 5.91 Å². The van der Waals surface area contributed by atoms with E-state index in [4.69, 9.17) is 18.7 Å². The molecule has 0 aliphatic carbocycles. The normalized spacial score (nSPS) is 16.3. The van der Waals surface area contributed by atoms with Crippen molar-refractivity contribution in [2.24, 2.45) is 0 Å². The van der Waals surface area contributed by atoms with Crippen LogP contribution in [-0.2, 0) is 0 Å². The fraction of sp³-hybridized carbons (Fsp3) is 0.360. The summed E-state index contributed by atoms with van der Waals surface area (Å²) in [7, 11) is 4.78. The summed E-state index contributed by atoms with van der Waals surface area (Å²) in [5.41, 5.74) is 2.25. The molecule has 168 valence electrons. The second-order valence-electron chi connectivity index (χ2n) is 7.78. The Morgan fingerprint density at radius 2 is 1.72 bits per heavy atom. The van der Waals surface area contributed by atoms with Gasteiger partial charge in [0.2, 0.25) is 0 Å². The maximum atomic E-state index is 13.5. The average molecular weight is 437 g/mol. The molecule has 1 amide bonds. The Hall–Kier alpha value is -3.48. The van der Waals surface area contributed by atoms with Crippen LogP contribution in [0.1, 0.15) is 47.8 Å². The maximum absolute atomic E-state index is 13.5. The average Bonchev–Trinajstić information content (AvgIpc) is 3.21. The lowest BCUT2D eigenvalue weighted by Gasteiger charge is -2.29. The molecule has 2 heterocycles. The second-order valence-corrected chi connectivity index (χ2v) is 7.78. The molecule has 0 N–H and O–H groups in total. The molecule has 1 unspecified atom stereocenters. The van der Waals surface area contributed by atoms with Crippen LogP contribution in [0.15, 0.2) is 53.1 Å². The number of hydrogen-bond donors (Lipinski definition) is 0. The van der Waals surface area contributed by atoms with Crippen LogP contribution in [0, 0.1) is 0 Å². The van der Waals surface area contributed by atoms with Gasteiger partial charge in [0.05, 0.1) is 27.4 Å². The molecule has 0 spiro atoms. The van der Waals surface area contributed by atoms with E-state index in [-0.39, 0.29) is 11.9 Å². The summed E-state index contributed by atoms with van der Waals surface area (Å²) in [5, 5.41) is 4.34. The van der Waals surface area contributed by atoms with Crippen molar-refractivity contribution in [3.63, 3.8) is 0 Å². The van der Waals surface area contributed by atoms with Gasteiger partial charge in [-0.3, -0.25) is 4.79 Å². The predicted octanol–water partition coefficient (Wildman–Crippen LogP) is 5.12. The van der Waals surface area contributed by atoms with Crippen LogP contribution >= 0.6 is 0 Å². The van der Waals surface area contributed by atoms with Crippen molar-refractivity contribution < 1.29 is 23.5 Å². The van der Waals surface area contributed by atoms with Crippen LogP contribution in [0.2, 0.25) is 0 Å². The molecule has 1 saturated heterocycles. The van der Waals surface area contributed by atoms with Crippen LogP contribution in [0.3, 0.4) is 0 Å². The highest BCUT2D eigenvalue weighted by molar-refractivity contribution is 5.95. The van der Waals surface area contributed by atoms with Gasteiger partial charge in [-0.25, -0.2) is 0 Å². The number of hydrogen-bond acceptors (Lipinski definition) is 6. The van der Waals surface area contributed by atoms with Gasteiger partial charge in [-0.1, -0.05) is 18.0 Å². The Labute approximate surface area is 187 Å². The summed E-state index contributed by atoms with van der Waals surface area (Å²) >= 11 is 0. The van der Waals surface area contributed by atoms with E-state index in [9.17, 15) is 4.79 Å². The molecule has 7 nitrogen and oxygen atoms in total. The molecule has 1 atom stereocenters. The van der Waals surface area contributed by atoms with Crippen LogP contribution in [0.5, 0.6) is 17.2 Å². The molecule has 0 bridgehead atoms. The molecule has 32 heavy (non-hydrogen) atoms. The summed E-state index contributed by atoms with van der Waals surface area (Å²) in [6.07, 6.45) is 3.91. The Morgan fingerprint density at radius 1 is 0.938 bits per heavy atom. The molecule has 0 saturated carbocycles. The molecule has 0 radical (unpaired) electrons. The number of benzene rings is 2. The minimum Gasteiger partial charge on any atom is -0.497 e. The minimum absolute atomic E-state index is 0.0492. The Balaban J connectivity index is 1.62. The minimum atomic E-state index is -0.145. The molecule has 1 aliphatic rings. The lowest BCUT2D eigenvalue weighted by molar-refractivity contribution is 0.0673. The topological polar surface area (TPSA) is 74.0 Å². The van der Waals surface area contributed by atoms with Crippen molar-refractivity contribution in [1.82, 2.24) is 10.1 Å². The molecular weight excluding hydrogens is 408 g/mol. The molecular formula is C25H28N2O5. The number of carbonyl (C=O) groups excluding carboxylic acids is 1. The van der Waals surface area contributed by atoms with E-state index in [0.717, 1.165) is 42.7 Å². The van der Waals surface area contributed by atoms with Crippen molar-refractivity contribution in [3.05, 3.63) is 59.8 Å². The standard InChI is InChI=1S/C25H28N2O5/c1-29-19-11-8-17(9-12-19)23-16-20(26-32-23)21-7-5-4-6-14-27(21)25(28)18-10-13-22(30-2)24(15-18)31-3/h8-13,15-16,21H,4-7,14H2,1-3H3. The lowest BCUT2D eigenvalue weighted by Crippen LogP contribution is -2.35. The SMILES string of the molecule is COc1ccc(-c2cc(C3CCCCCN3C(=O)c3ccc(OC)c(OC)c3)no2)cc1. The molecule has 7 heteroatoms. The third kappa shape index (κ3) is 4.42. The zero-order valence-corrected chi connectivity index (χ0v) is 18.7. The predicted molar refractivity (Wildman–Crippen MR) is 120 cm³/mol. The highest BCUT2D eigenvalue weighted by Crippen LogP contribution is 2.35. The van der Waals surface area contributed by atoms with E-state index in [0.29, 0.717) is 29.4 Å². The second kappa shape index (κ2) is 9.77. The van der Waals surface area contributed by atoms with Crippen molar-refractivity contribution in [3.8, 4) is 28.6 Å². The van der Waals surface area contributed by atoms with Crippen LogP contribution in [-0.4, -0.2) is 43.8 Å². The fourth-order valence-corrected chi connectivity index (χ4v) is 4.13. The Bertz CT molecular complexity index is 1060. The van der Waals surface area contributed by atoms with Gasteiger partial charge in [-0.05, 0) is 55.3 Å². The quantitative estimate of drug-likeness (QED) is 0.534. The number of ether oxygens (including phenoxy) is 3. The number of methoxy groups -OCH3 is 3. The molecule has 3 aromatic rings. The number of nitrogens with zero attached hydrogens (tertiary/aromatic N) is 2. The molecule has 1 fully saturated rings. The lowest BCUT2D eigenvalue weighted by atomic mass is 10.0. The highest BCUT2D eigenvalue weighted by atomic mass is 16.5. The number of aromatic nitrogens is 1. The summed E-state index contributed by atoms with van der Waals surface area (Å²) in [6.45, 7) is 0.669. The first-order valence-corrected chi connectivity index (χ1v) is 10.8. The van der Waals surface area contributed by atoms with E-state index in [1.165, 1.54) is 0 Å². The van der Waals surface area contributed by atoms with Crippen LogP contribution in [0.4, 0.5) is 0 Å². The number of carbonyl (C=O) groups is 1. The molecule has 2 aromatic carbocycles. The third-order valence-electron chi connectivity index (χ3n) is 5.89. The fourth-order valence-electron chi connectivity index (χ4n) is 4.13. The van der Waals surface area contributed by atoms with Crippen molar-refractivity contribution in [2.75, 3.05) is 27.9 Å². The van der Waals surface area contributed by atoms with E-state index in [1.807, 2.05) is 35.2 Å². The summed E-state index contributed by atoms with van der Waals surface area (Å²) < 4.78 is 21.6. The van der Waals surface area contributed by atoms with E-state index >= 15 is 0 Å². The number of likely N-dealkylation sites (tertiary alicyclic amines) is 1. The first kappa shape index (κ1) is 21.7. The van der Waals surface area contributed by atoms with Crippen LogP contribution < -0.4 is 14.2 Å². The molecule has 4 rings (SSSR count). The summed E-state index contributed by atoms with van der Waals surface area (Å²) in [5.74, 6) is 2.53. The largest absolute Gasteiger partial charge is 0.497 e. The Morgan fingerprint density at radius 3 is 2.44 bits per heavy atom. The smallest absolute Gasteiger partial charge is 0.254 e. The van der Waals surface area contributed by atoms with Gasteiger partial charge in [0, 0.05) is 23.7 Å².